The number of nitrogens with two attached hydrogens (primary N) is 1. The van der Waals surface area contributed by atoms with Crippen molar-refractivity contribution in [2.75, 3.05) is 6.61 Å². The Hall–Kier alpha value is -2.58. The molecule has 0 unspecified atom stereocenters. The highest BCUT2D eigenvalue weighted by Crippen LogP contribution is 2.15. The standard InChI is InChI=1S/C18H18FNO5S/c1-2-3-12-4-6-13(7-5-12)17(21)11-25-18(22)15-10-14(26(20,23)24)8-9-16(15)19/h4-10H,2-3,11H2,1H3,(H2,20,23,24). The molecule has 8 heteroatoms. The molecule has 0 aliphatic heterocycles. The molecule has 0 amide bonds. The van der Waals surface area contributed by atoms with Crippen molar-refractivity contribution in [2.24, 2.45) is 5.14 Å². The molecule has 0 aromatic heterocycles. The fraction of sp³-hybridized carbons (Fsp3) is 0.222. The van der Waals surface area contributed by atoms with E-state index in [-0.39, 0.29) is 0 Å². The number of Topliss-reactive ketones (excluding diaryl/α,β-unsaturated/α-hetero) is 1. The molecule has 0 heterocycles. The van der Waals surface area contributed by atoms with Crippen LogP contribution in [0.15, 0.2) is 47.4 Å². The van der Waals surface area contributed by atoms with Crippen molar-refractivity contribution in [1.82, 2.24) is 0 Å². The number of primary sulfonamides is 1. The lowest BCUT2D eigenvalue weighted by Gasteiger charge is -2.07. The molecular weight excluding hydrogens is 361 g/mol. The van der Waals surface area contributed by atoms with Crippen LogP contribution in [0.5, 0.6) is 0 Å². The first kappa shape index (κ1) is 19.7. The molecule has 0 aliphatic carbocycles. The maximum atomic E-state index is 13.8. The summed E-state index contributed by atoms with van der Waals surface area (Å²) in [7, 11) is -4.10. The molecule has 0 atom stereocenters. The maximum absolute atomic E-state index is 13.8. The van der Waals surface area contributed by atoms with Gasteiger partial charge >= 0.3 is 5.97 Å². The highest BCUT2D eigenvalue weighted by molar-refractivity contribution is 7.89. The van der Waals surface area contributed by atoms with Crippen LogP contribution in [0.25, 0.3) is 0 Å². The molecule has 2 N–H and O–H groups in total. The van der Waals surface area contributed by atoms with Gasteiger partial charge in [0.15, 0.2) is 12.4 Å². The fourth-order valence-corrected chi connectivity index (χ4v) is 2.82. The molecule has 0 bridgehead atoms. The van der Waals surface area contributed by atoms with E-state index in [4.69, 9.17) is 9.88 Å². The Morgan fingerprint density at radius 2 is 1.77 bits per heavy atom. The lowest BCUT2D eigenvalue weighted by molar-refractivity contribution is 0.0470. The summed E-state index contributed by atoms with van der Waals surface area (Å²) in [4.78, 5) is 23.6. The van der Waals surface area contributed by atoms with Crippen LogP contribution in [-0.4, -0.2) is 26.8 Å². The molecule has 2 rings (SSSR count). The highest BCUT2D eigenvalue weighted by atomic mass is 32.2. The number of sulfonamides is 1. The number of esters is 1. The van der Waals surface area contributed by atoms with E-state index in [9.17, 15) is 22.4 Å². The van der Waals surface area contributed by atoms with Gasteiger partial charge in [-0.15, -0.1) is 0 Å². The summed E-state index contributed by atoms with van der Waals surface area (Å²) in [5, 5.41) is 4.95. The van der Waals surface area contributed by atoms with Crippen molar-refractivity contribution in [3.05, 3.63) is 65.0 Å². The summed E-state index contributed by atoms with van der Waals surface area (Å²) in [5.41, 5.74) is 0.835. The van der Waals surface area contributed by atoms with Crippen LogP contribution < -0.4 is 5.14 Å². The molecule has 6 nitrogen and oxygen atoms in total. The average Bonchev–Trinajstić information content (AvgIpc) is 2.59. The van der Waals surface area contributed by atoms with Crippen LogP contribution >= 0.6 is 0 Å². The predicted molar refractivity (Wildman–Crippen MR) is 92.8 cm³/mol. The van der Waals surface area contributed by atoms with Gasteiger partial charge in [-0.3, -0.25) is 4.79 Å². The first-order valence-electron chi connectivity index (χ1n) is 7.84. The topological polar surface area (TPSA) is 104 Å². The van der Waals surface area contributed by atoms with Crippen molar-refractivity contribution in [1.29, 1.82) is 0 Å². The Morgan fingerprint density at radius 1 is 1.12 bits per heavy atom. The number of rotatable bonds is 7. The van der Waals surface area contributed by atoms with Gasteiger partial charge in [0.05, 0.1) is 10.5 Å². The van der Waals surface area contributed by atoms with E-state index in [1.54, 1.807) is 12.1 Å². The third-order valence-electron chi connectivity index (χ3n) is 3.64. The number of carbonyl (C=O) groups is 2. The van der Waals surface area contributed by atoms with Gasteiger partial charge in [-0.05, 0) is 30.2 Å². The Balaban J connectivity index is 2.07. The number of carbonyl (C=O) groups excluding carboxylic acids is 2. The number of hydrogen-bond donors (Lipinski definition) is 1. The van der Waals surface area contributed by atoms with E-state index < -0.39 is 44.7 Å². The lowest BCUT2D eigenvalue weighted by Crippen LogP contribution is -2.17. The fourth-order valence-electron chi connectivity index (χ4n) is 2.28. The molecule has 138 valence electrons. The Labute approximate surface area is 150 Å². The number of halogens is 1. The van der Waals surface area contributed by atoms with Crippen LogP contribution in [0.4, 0.5) is 4.39 Å². The summed E-state index contributed by atoms with van der Waals surface area (Å²) < 4.78 is 41.1. The minimum absolute atomic E-state index is 0.358. The molecule has 0 saturated carbocycles. The number of ether oxygens (including phenoxy) is 1. The molecular formula is C18H18FNO5S. The number of ketones is 1. The van der Waals surface area contributed by atoms with Crippen LogP contribution in [0, 0.1) is 5.82 Å². The first-order chi connectivity index (χ1) is 12.2. The summed E-state index contributed by atoms with van der Waals surface area (Å²) in [6.07, 6.45) is 1.87. The van der Waals surface area contributed by atoms with E-state index >= 15 is 0 Å². The number of benzene rings is 2. The third-order valence-corrected chi connectivity index (χ3v) is 4.55. The van der Waals surface area contributed by atoms with Gasteiger partial charge in [0.1, 0.15) is 5.82 Å². The number of hydrogen-bond acceptors (Lipinski definition) is 5. The van der Waals surface area contributed by atoms with Crippen LogP contribution in [0.3, 0.4) is 0 Å². The molecule has 2 aromatic carbocycles. The van der Waals surface area contributed by atoms with E-state index in [0.29, 0.717) is 5.56 Å². The van der Waals surface area contributed by atoms with E-state index in [1.165, 1.54) is 0 Å². The zero-order valence-corrected chi connectivity index (χ0v) is 14.9. The quantitative estimate of drug-likeness (QED) is 0.588. The van der Waals surface area contributed by atoms with Crippen molar-refractivity contribution in [3.8, 4) is 0 Å². The normalized spacial score (nSPS) is 11.2. The summed E-state index contributed by atoms with van der Waals surface area (Å²) in [5.74, 6) is -2.58. The summed E-state index contributed by atoms with van der Waals surface area (Å²) >= 11 is 0. The highest BCUT2D eigenvalue weighted by Gasteiger charge is 2.19. The molecule has 0 radical (unpaired) electrons. The predicted octanol–water partition coefficient (Wildman–Crippen LogP) is 2.47. The molecule has 0 spiro atoms. The maximum Gasteiger partial charge on any atom is 0.341 e. The molecule has 0 saturated heterocycles. The molecule has 0 aliphatic rings. The Morgan fingerprint density at radius 3 is 2.35 bits per heavy atom. The first-order valence-corrected chi connectivity index (χ1v) is 9.38. The smallest absolute Gasteiger partial charge is 0.341 e. The SMILES string of the molecule is CCCc1ccc(C(=O)COC(=O)c2cc(S(N)(=O)=O)ccc2F)cc1. The van der Waals surface area contributed by atoms with Crippen LogP contribution in [-0.2, 0) is 21.2 Å². The van der Waals surface area contributed by atoms with Crippen molar-refractivity contribution < 1.29 is 27.1 Å². The van der Waals surface area contributed by atoms with Crippen molar-refractivity contribution in [2.45, 2.75) is 24.7 Å². The minimum Gasteiger partial charge on any atom is -0.454 e. The summed E-state index contributed by atoms with van der Waals surface area (Å²) in [6.45, 7) is 1.45. The largest absolute Gasteiger partial charge is 0.454 e. The van der Waals surface area contributed by atoms with E-state index in [2.05, 4.69) is 0 Å². The molecule has 26 heavy (non-hydrogen) atoms. The van der Waals surface area contributed by atoms with Gasteiger partial charge in [-0.2, -0.15) is 0 Å². The second-order valence-electron chi connectivity index (χ2n) is 5.63. The van der Waals surface area contributed by atoms with Crippen molar-refractivity contribution in [3.63, 3.8) is 0 Å². The summed E-state index contributed by atoms with van der Waals surface area (Å²) in [6, 6.07) is 9.39. The molecule has 0 fully saturated rings. The van der Waals surface area contributed by atoms with Gasteiger partial charge in [0, 0.05) is 5.56 Å². The zero-order valence-electron chi connectivity index (χ0n) is 14.1. The van der Waals surface area contributed by atoms with Gasteiger partial charge in [-0.25, -0.2) is 22.7 Å². The van der Waals surface area contributed by atoms with Crippen LogP contribution in [0.2, 0.25) is 0 Å². The second-order valence-corrected chi connectivity index (χ2v) is 7.19. The molecule has 2 aromatic rings. The van der Waals surface area contributed by atoms with E-state index in [0.717, 1.165) is 36.6 Å². The van der Waals surface area contributed by atoms with Gasteiger partial charge < -0.3 is 4.74 Å². The third kappa shape index (κ3) is 4.96. The Kier molecular flexibility index (Phi) is 6.23. The number of aryl methyl sites for hydroxylation is 1. The minimum atomic E-state index is -4.10. The second kappa shape index (κ2) is 8.20. The lowest BCUT2D eigenvalue weighted by atomic mass is 10.1. The average molecular weight is 379 g/mol. The monoisotopic (exact) mass is 379 g/mol. The zero-order chi connectivity index (χ0) is 19.3. The van der Waals surface area contributed by atoms with E-state index in [1.807, 2.05) is 19.1 Å². The van der Waals surface area contributed by atoms with Gasteiger partial charge in [0.2, 0.25) is 10.0 Å². The Bertz CT molecular complexity index is 923. The van der Waals surface area contributed by atoms with Gasteiger partial charge in [-0.1, -0.05) is 37.6 Å². The van der Waals surface area contributed by atoms with Gasteiger partial charge in [0.25, 0.3) is 0 Å². The van der Waals surface area contributed by atoms with Crippen molar-refractivity contribution >= 4 is 21.8 Å². The van der Waals surface area contributed by atoms with Crippen LogP contribution in [0.1, 0.15) is 39.6 Å².